The predicted octanol–water partition coefficient (Wildman–Crippen LogP) is 3.74. The van der Waals surface area contributed by atoms with Crippen molar-refractivity contribution in [3.8, 4) is 17.2 Å². The quantitative estimate of drug-likeness (QED) is 0.248. The van der Waals surface area contributed by atoms with E-state index in [4.69, 9.17) is 14.2 Å². The van der Waals surface area contributed by atoms with Crippen molar-refractivity contribution in [2.45, 2.75) is 0 Å². The molecule has 1 aliphatic heterocycles. The van der Waals surface area contributed by atoms with Gasteiger partial charge in [0.2, 0.25) is 5.75 Å². The number of benzene rings is 2. The molecule has 0 atom stereocenters. The van der Waals surface area contributed by atoms with Crippen LogP contribution in [0.4, 0.5) is 22.4 Å². The van der Waals surface area contributed by atoms with Crippen molar-refractivity contribution in [2.75, 3.05) is 34.4 Å². The molecule has 0 spiro atoms. The van der Waals surface area contributed by atoms with E-state index in [0.29, 0.717) is 34.6 Å². The molecule has 1 N–H and O–H groups in total. The van der Waals surface area contributed by atoms with Gasteiger partial charge in [0, 0.05) is 13.1 Å². The number of ether oxygens (including phenoxy) is 3. The first-order chi connectivity index (χ1) is 16.6. The summed E-state index contributed by atoms with van der Waals surface area (Å²) in [5.74, 6) is -8.67. The van der Waals surface area contributed by atoms with Gasteiger partial charge in [-0.25, -0.2) is 17.6 Å². The van der Waals surface area contributed by atoms with E-state index in [9.17, 15) is 31.9 Å². The summed E-state index contributed by atoms with van der Waals surface area (Å²) in [6, 6.07) is 3.36. The van der Waals surface area contributed by atoms with Gasteiger partial charge in [-0.3, -0.25) is 19.3 Å². The highest BCUT2D eigenvalue weighted by atomic mass is 32.2. The number of nitrogens with zero attached hydrogens (tertiary/aromatic N) is 1. The summed E-state index contributed by atoms with van der Waals surface area (Å²) in [6.45, 7) is -0.662. The molecule has 1 saturated heterocycles. The van der Waals surface area contributed by atoms with E-state index in [1.165, 1.54) is 27.4 Å². The number of nitrogens with one attached hydrogen (secondary N) is 1. The van der Waals surface area contributed by atoms with Crippen LogP contribution in [-0.2, 0) is 4.79 Å². The van der Waals surface area contributed by atoms with Crippen LogP contribution in [0.15, 0.2) is 23.1 Å². The first-order valence-corrected chi connectivity index (χ1v) is 10.6. The van der Waals surface area contributed by atoms with Gasteiger partial charge in [0.25, 0.3) is 17.1 Å². The molecular weight excluding hydrogens is 496 g/mol. The van der Waals surface area contributed by atoms with Gasteiger partial charge in [-0.05, 0) is 41.6 Å². The van der Waals surface area contributed by atoms with Crippen LogP contribution in [0.2, 0.25) is 0 Å². The molecule has 0 bridgehead atoms. The number of rotatable bonds is 8. The number of hydrogen-bond donors (Lipinski definition) is 1. The Bertz CT molecular complexity index is 1210. The number of hydrogen-bond acceptors (Lipinski definition) is 7. The highest BCUT2D eigenvalue weighted by Crippen LogP contribution is 2.40. The second kappa shape index (κ2) is 10.7. The highest BCUT2D eigenvalue weighted by Gasteiger charge is 2.35. The van der Waals surface area contributed by atoms with E-state index in [2.05, 4.69) is 5.32 Å². The minimum absolute atomic E-state index is 0.0734. The van der Waals surface area contributed by atoms with Gasteiger partial charge >= 0.3 is 0 Å². The van der Waals surface area contributed by atoms with Crippen LogP contribution in [0.3, 0.4) is 0 Å². The summed E-state index contributed by atoms with van der Waals surface area (Å²) in [4.78, 5) is 38.0. The number of thioether (sulfide) groups is 1. The van der Waals surface area contributed by atoms with Gasteiger partial charge in [-0.2, -0.15) is 0 Å². The lowest BCUT2D eigenvalue weighted by atomic mass is 10.1. The Morgan fingerprint density at radius 2 is 1.60 bits per heavy atom. The smallest absolute Gasteiger partial charge is 0.293 e. The Kier molecular flexibility index (Phi) is 7.89. The van der Waals surface area contributed by atoms with Crippen molar-refractivity contribution >= 4 is 34.9 Å². The highest BCUT2D eigenvalue weighted by molar-refractivity contribution is 8.18. The fourth-order valence-electron chi connectivity index (χ4n) is 3.14. The maximum Gasteiger partial charge on any atom is 0.293 e. The van der Waals surface area contributed by atoms with Gasteiger partial charge in [-0.1, -0.05) is 0 Å². The summed E-state index contributed by atoms with van der Waals surface area (Å²) in [7, 11) is 4.27. The Labute approximate surface area is 200 Å². The summed E-state index contributed by atoms with van der Waals surface area (Å²) < 4.78 is 69.2. The normalized spacial score (nSPS) is 14.5. The maximum absolute atomic E-state index is 13.8. The van der Waals surface area contributed by atoms with Crippen LogP contribution in [0.1, 0.15) is 15.9 Å². The number of carbonyl (C=O) groups excluding carboxylic acids is 3. The lowest BCUT2D eigenvalue weighted by molar-refractivity contribution is -0.122. The molecule has 0 unspecified atom stereocenters. The molecule has 1 heterocycles. The van der Waals surface area contributed by atoms with Crippen LogP contribution in [0.5, 0.6) is 17.2 Å². The number of methoxy groups -OCH3 is 3. The third kappa shape index (κ3) is 5.19. The lowest BCUT2D eigenvalue weighted by Crippen LogP contribution is -2.37. The second-order valence-corrected chi connectivity index (χ2v) is 7.89. The molecule has 35 heavy (non-hydrogen) atoms. The summed E-state index contributed by atoms with van der Waals surface area (Å²) >= 11 is 0.649. The number of carbonyl (C=O) groups is 3. The Morgan fingerprint density at radius 1 is 0.971 bits per heavy atom. The largest absolute Gasteiger partial charge is 0.493 e. The molecule has 0 aliphatic carbocycles. The molecular formula is C22H18F4N2O6S. The van der Waals surface area contributed by atoms with Crippen molar-refractivity contribution < 1.29 is 46.2 Å². The van der Waals surface area contributed by atoms with E-state index in [1.807, 2.05) is 0 Å². The molecule has 3 amide bonds. The minimum atomic E-state index is -2.13. The molecule has 2 aromatic rings. The Morgan fingerprint density at radius 3 is 2.17 bits per heavy atom. The van der Waals surface area contributed by atoms with E-state index < -0.39 is 45.9 Å². The van der Waals surface area contributed by atoms with Crippen LogP contribution in [0, 0.1) is 23.3 Å². The van der Waals surface area contributed by atoms with Crippen molar-refractivity contribution in [1.82, 2.24) is 10.2 Å². The fourth-order valence-corrected chi connectivity index (χ4v) is 4.01. The van der Waals surface area contributed by atoms with Crippen molar-refractivity contribution in [3.63, 3.8) is 0 Å². The third-order valence-electron chi connectivity index (χ3n) is 4.83. The number of halogens is 4. The van der Waals surface area contributed by atoms with Crippen molar-refractivity contribution in [1.29, 1.82) is 0 Å². The van der Waals surface area contributed by atoms with Crippen LogP contribution >= 0.6 is 11.8 Å². The first-order valence-electron chi connectivity index (χ1n) is 9.79. The molecule has 0 aromatic heterocycles. The average molecular weight is 514 g/mol. The number of imide groups is 1. The molecule has 1 fully saturated rings. The molecule has 13 heteroatoms. The standard InChI is InChI=1S/C22H18F4N2O6S/c1-32-13-6-10(7-14(33-2)19(13)34-3)8-15-21(30)28(22(31)35-15)5-4-27-20(29)11-9-12(23)17(25)18(26)16(11)24/h6-9H,4-5H2,1-3H3,(H,27,29)/b15-8+. The van der Waals surface area contributed by atoms with E-state index >= 15 is 0 Å². The summed E-state index contributed by atoms with van der Waals surface area (Å²) in [6.07, 6.45) is 1.44. The second-order valence-electron chi connectivity index (χ2n) is 6.90. The van der Waals surface area contributed by atoms with Crippen LogP contribution in [-0.4, -0.2) is 56.4 Å². The third-order valence-corrected chi connectivity index (χ3v) is 5.73. The molecule has 3 rings (SSSR count). The zero-order valence-corrected chi connectivity index (χ0v) is 19.4. The molecule has 2 aromatic carbocycles. The first kappa shape index (κ1) is 25.9. The summed E-state index contributed by atoms with van der Waals surface area (Å²) in [5.41, 5.74) is -0.577. The molecule has 0 saturated carbocycles. The summed E-state index contributed by atoms with van der Waals surface area (Å²) in [5, 5.41) is 1.50. The maximum atomic E-state index is 13.8. The van der Waals surface area contributed by atoms with Gasteiger partial charge in [0.05, 0.1) is 31.8 Å². The van der Waals surface area contributed by atoms with Gasteiger partial charge in [0.15, 0.2) is 34.8 Å². The van der Waals surface area contributed by atoms with Crippen molar-refractivity contribution in [2.24, 2.45) is 0 Å². The molecule has 8 nitrogen and oxygen atoms in total. The van der Waals surface area contributed by atoms with Crippen LogP contribution in [0.25, 0.3) is 6.08 Å². The minimum Gasteiger partial charge on any atom is -0.493 e. The predicted molar refractivity (Wildman–Crippen MR) is 117 cm³/mol. The topological polar surface area (TPSA) is 94.2 Å². The molecule has 186 valence electrons. The van der Waals surface area contributed by atoms with Crippen LogP contribution < -0.4 is 19.5 Å². The molecule has 0 radical (unpaired) electrons. The van der Waals surface area contributed by atoms with E-state index in [1.54, 1.807) is 12.1 Å². The van der Waals surface area contributed by atoms with Gasteiger partial charge < -0.3 is 19.5 Å². The monoisotopic (exact) mass is 514 g/mol. The number of amides is 3. The molecule has 1 aliphatic rings. The Hall–Kier alpha value is -3.74. The lowest BCUT2D eigenvalue weighted by Gasteiger charge is -2.14. The fraction of sp³-hybridized carbons (Fsp3) is 0.227. The Balaban J connectivity index is 1.71. The SMILES string of the molecule is COc1cc(/C=C2/SC(=O)N(CCNC(=O)c3cc(F)c(F)c(F)c3F)C2=O)cc(OC)c1OC. The van der Waals surface area contributed by atoms with Gasteiger partial charge in [-0.15, -0.1) is 0 Å². The van der Waals surface area contributed by atoms with Gasteiger partial charge in [0.1, 0.15) is 0 Å². The van der Waals surface area contributed by atoms with Crippen molar-refractivity contribution in [3.05, 3.63) is 57.5 Å². The van der Waals surface area contributed by atoms with E-state index in [0.717, 1.165) is 4.90 Å². The average Bonchev–Trinajstić information content (AvgIpc) is 3.11. The van der Waals surface area contributed by atoms with E-state index in [-0.39, 0.29) is 24.1 Å². The zero-order chi connectivity index (χ0) is 25.9. The zero-order valence-electron chi connectivity index (χ0n) is 18.5.